The van der Waals surface area contributed by atoms with Crippen LogP contribution in [0.1, 0.15) is 17.7 Å². The van der Waals surface area contributed by atoms with Crippen molar-refractivity contribution in [3.63, 3.8) is 0 Å². The Hall–Kier alpha value is -3.16. The number of nitrogens with one attached hydrogen (secondary N) is 1. The van der Waals surface area contributed by atoms with Gasteiger partial charge < -0.3 is 14.8 Å². The Morgan fingerprint density at radius 1 is 1.31 bits per heavy atom. The summed E-state index contributed by atoms with van der Waals surface area (Å²) in [6.45, 7) is 7.29. The van der Waals surface area contributed by atoms with Crippen molar-refractivity contribution in [3.05, 3.63) is 35.5 Å². The van der Waals surface area contributed by atoms with Gasteiger partial charge in [-0.1, -0.05) is 0 Å². The largest absolute Gasteiger partial charge is 0.493 e. The first kappa shape index (κ1) is 23.5. The molecule has 0 saturated carbocycles. The van der Waals surface area contributed by atoms with E-state index in [1.54, 1.807) is 7.05 Å². The number of anilines is 1. The standard InChI is InChI=1S/C22H24F3N5O2/c1-27-18-13-17(29-19(14-26)21(18)28-2)15-4-5-20(16(12-15)22(23,24)25)32-9-3-6-30-7-10-31-11-8-30/h4-5,12-13H,2-3,6-11H2,1H3,(H,27,29). The lowest BCUT2D eigenvalue weighted by atomic mass is 10.0. The van der Waals surface area contributed by atoms with Crippen LogP contribution in [0.4, 0.5) is 24.5 Å². The quantitative estimate of drug-likeness (QED) is 0.484. The Kier molecular flexibility index (Phi) is 7.66. The van der Waals surface area contributed by atoms with Gasteiger partial charge in [0.2, 0.25) is 0 Å². The fourth-order valence-corrected chi connectivity index (χ4v) is 3.45. The molecular weight excluding hydrogens is 423 g/mol. The van der Waals surface area contributed by atoms with Crippen LogP contribution in [0.15, 0.2) is 29.3 Å². The van der Waals surface area contributed by atoms with Gasteiger partial charge in [0.15, 0.2) is 5.69 Å². The molecule has 1 fully saturated rings. The van der Waals surface area contributed by atoms with Crippen LogP contribution in [0.3, 0.4) is 0 Å². The molecule has 0 atom stereocenters. The molecule has 7 nitrogen and oxygen atoms in total. The summed E-state index contributed by atoms with van der Waals surface area (Å²) in [6, 6.07) is 7.21. The molecule has 1 aliphatic rings. The normalized spacial score (nSPS) is 14.6. The zero-order valence-electron chi connectivity index (χ0n) is 17.7. The van der Waals surface area contributed by atoms with Crippen molar-refractivity contribution >= 4 is 18.1 Å². The average molecular weight is 447 g/mol. The Morgan fingerprint density at radius 2 is 2.06 bits per heavy atom. The van der Waals surface area contributed by atoms with Gasteiger partial charge in [-0.15, -0.1) is 0 Å². The molecule has 32 heavy (non-hydrogen) atoms. The van der Waals surface area contributed by atoms with Gasteiger partial charge in [-0.2, -0.15) is 18.4 Å². The predicted molar refractivity (Wildman–Crippen MR) is 116 cm³/mol. The minimum Gasteiger partial charge on any atom is -0.493 e. The number of aromatic nitrogens is 1. The van der Waals surface area contributed by atoms with Gasteiger partial charge >= 0.3 is 6.18 Å². The number of hydrogen-bond acceptors (Lipinski definition) is 7. The molecule has 0 radical (unpaired) electrons. The van der Waals surface area contributed by atoms with Crippen LogP contribution in [-0.2, 0) is 10.9 Å². The Labute approximate surface area is 184 Å². The monoisotopic (exact) mass is 447 g/mol. The van der Waals surface area contributed by atoms with E-state index >= 15 is 0 Å². The predicted octanol–water partition coefficient (Wildman–Crippen LogP) is 4.11. The molecule has 1 saturated heterocycles. The van der Waals surface area contributed by atoms with Crippen LogP contribution in [-0.4, -0.2) is 63.1 Å². The number of nitrogens with zero attached hydrogens (tertiary/aromatic N) is 4. The molecule has 0 bridgehead atoms. The zero-order chi connectivity index (χ0) is 23.1. The van der Waals surface area contributed by atoms with E-state index in [2.05, 4.69) is 26.9 Å². The number of nitriles is 1. The molecule has 1 N–H and O–H groups in total. The topological polar surface area (TPSA) is 82.8 Å². The first-order valence-electron chi connectivity index (χ1n) is 10.1. The summed E-state index contributed by atoms with van der Waals surface area (Å²) in [5.74, 6) is -0.234. The number of benzene rings is 1. The maximum atomic E-state index is 13.7. The molecule has 0 amide bonds. The molecule has 2 aromatic rings. The summed E-state index contributed by atoms with van der Waals surface area (Å²) in [4.78, 5) is 10.1. The van der Waals surface area contributed by atoms with E-state index in [0.29, 0.717) is 25.3 Å². The molecule has 1 aromatic heterocycles. The molecule has 3 rings (SSSR count). The molecule has 1 aliphatic heterocycles. The summed E-state index contributed by atoms with van der Waals surface area (Å²) in [5, 5.41) is 12.2. The van der Waals surface area contributed by atoms with Gasteiger partial charge in [-0.3, -0.25) is 9.89 Å². The highest BCUT2D eigenvalue weighted by atomic mass is 19.4. The van der Waals surface area contributed by atoms with Crippen molar-refractivity contribution < 1.29 is 22.6 Å². The fraction of sp³-hybridized carbons (Fsp3) is 0.409. The van der Waals surface area contributed by atoms with Crippen LogP contribution in [0.2, 0.25) is 0 Å². The molecule has 0 aliphatic carbocycles. The van der Waals surface area contributed by atoms with Crippen molar-refractivity contribution in [1.29, 1.82) is 5.26 Å². The number of hydrogen-bond donors (Lipinski definition) is 1. The minimum atomic E-state index is -4.61. The van der Waals surface area contributed by atoms with E-state index < -0.39 is 11.7 Å². The third kappa shape index (κ3) is 5.55. The van der Waals surface area contributed by atoms with Crippen LogP contribution in [0.5, 0.6) is 5.75 Å². The van der Waals surface area contributed by atoms with E-state index in [1.807, 2.05) is 6.07 Å². The fourth-order valence-electron chi connectivity index (χ4n) is 3.45. The first-order chi connectivity index (χ1) is 15.4. The number of aliphatic imine (C=N–C) groups is 1. The summed E-state index contributed by atoms with van der Waals surface area (Å²) in [7, 11) is 1.62. The number of halogens is 3. The molecule has 0 unspecified atom stereocenters. The highest BCUT2D eigenvalue weighted by Gasteiger charge is 2.35. The van der Waals surface area contributed by atoms with Crippen LogP contribution < -0.4 is 10.1 Å². The number of ether oxygens (including phenoxy) is 2. The summed E-state index contributed by atoms with van der Waals surface area (Å²) >= 11 is 0. The summed E-state index contributed by atoms with van der Waals surface area (Å²) in [6.07, 6.45) is -4.00. The van der Waals surface area contributed by atoms with Gasteiger partial charge in [-0.05, 0) is 37.4 Å². The molecule has 1 aromatic carbocycles. The molecule has 0 spiro atoms. The van der Waals surface area contributed by atoms with Crippen molar-refractivity contribution in [2.75, 3.05) is 51.8 Å². The van der Waals surface area contributed by atoms with E-state index in [1.165, 1.54) is 18.2 Å². The second-order valence-corrected chi connectivity index (χ2v) is 7.14. The highest BCUT2D eigenvalue weighted by Crippen LogP contribution is 2.40. The van der Waals surface area contributed by atoms with Gasteiger partial charge in [0.25, 0.3) is 0 Å². The second-order valence-electron chi connectivity index (χ2n) is 7.14. The molecule has 170 valence electrons. The third-order valence-corrected chi connectivity index (χ3v) is 5.09. The van der Waals surface area contributed by atoms with E-state index in [0.717, 1.165) is 25.7 Å². The summed E-state index contributed by atoms with van der Waals surface area (Å²) in [5.41, 5.74) is 0.190. The lowest BCUT2D eigenvalue weighted by Gasteiger charge is -2.26. The number of alkyl halides is 3. The van der Waals surface area contributed by atoms with Crippen molar-refractivity contribution in [3.8, 4) is 23.1 Å². The Morgan fingerprint density at radius 3 is 2.69 bits per heavy atom. The molecular formula is C22H24F3N5O2. The Bertz CT molecular complexity index is 998. The zero-order valence-corrected chi connectivity index (χ0v) is 17.7. The minimum absolute atomic E-state index is 0.0288. The van der Waals surface area contributed by atoms with Crippen LogP contribution >= 0.6 is 0 Å². The molecule has 10 heteroatoms. The number of morpholine rings is 1. The lowest BCUT2D eigenvalue weighted by Crippen LogP contribution is -2.37. The highest BCUT2D eigenvalue weighted by molar-refractivity contribution is 5.78. The Balaban J connectivity index is 1.82. The van der Waals surface area contributed by atoms with Gasteiger partial charge in [0, 0.05) is 32.2 Å². The number of rotatable bonds is 8. The van der Waals surface area contributed by atoms with Crippen molar-refractivity contribution in [2.45, 2.75) is 12.6 Å². The van der Waals surface area contributed by atoms with E-state index in [4.69, 9.17) is 9.47 Å². The smallest absolute Gasteiger partial charge is 0.419 e. The van der Waals surface area contributed by atoms with Crippen molar-refractivity contribution in [1.82, 2.24) is 9.88 Å². The lowest BCUT2D eigenvalue weighted by molar-refractivity contribution is -0.138. The SMILES string of the molecule is C=Nc1c(NC)cc(-c2ccc(OCCCN3CCOCC3)c(C(F)(F)F)c2)nc1C#N. The van der Waals surface area contributed by atoms with Crippen molar-refractivity contribution in [2.24, 2.45) is 4.99 Å². The average Bonchev–Trinajstić information content (AvgIpc) is 2.80. The van der Waals surface area contributed by atoms with Gasteiger partial charge in [0.05, 0.1) is 36.8 Å². The van der Waals surface area contributed by atoms with E-state index in [9.17, 15) is 18.4 Å². The maximum absolute atomic E-state index is 13.7. The maximum Gasteiger partial charge on any atom is 0.419 e. The molecule has 2 heterocycles. The first-order valence-corrected chi connectivity index (χ1v) is 10.1. The summed E-state index contributed by atoms with van der Waals surface area (Å²) < 4.78 is 52.0. The van der Waals surface area contributed by atoms with Gasteiger partial charge in [0.1, 0.15) is 17.5 Å². The van der Waals surface area contributed by atoms with Gasteiger partial charge in [-0.25, -0.2) is 4.98 Å². The van der Waals surface area contributed by atoms with Crippen LogP contribution in [0, 0.1) is 11.3 Å². The van der Waals surface area contributed by atoms with Crippen LogP contribution in [0.25, 0.3) is 11.3 Å². The second kappa shape index (κ2) is 10.4. The number of pyridine rings is 1. The van der Waals surface area contributed by atoms with E-state index in [-0.39, 0.29) is 35.0 Å². The third-order valence-electron chi connectivity index (χ3n) is 5.09.